The van der Waals surface area contributed by atoms with Gasteiger partial charge in [-0.3, -0.25) is 0 Å². The van der Waals surface area contributed by atoms with Crippen molar-refractivity contribution < 1.29 is 4.79 Å². The molecule has 0 aliphatic carbocycles. The fraction of sp³-hybridized carbons (Fsp3) is 0.875. The topological polar surface area (TPSA) is 17.1 Å². The Hall–Kier alpha value is -0.590. The van der Waals surface area contributed by atoms with Gasteiger partial charge < -0.3 is 4.79 Å². The fourth-order valence-electron chi connectivity index (χ4n) is 3.36. The molecule has 0 atom stereocenters. The highest BCUT2D eigenvalue weighted by Crippen LogP contribution is 2.13. The van der Waals surface area contributed by atoms with Crippen molar-refractivity contribution in [3.63, 3.8) is 0 Å². The van der Waals surface area contributed by atoms with Gasteiger partial charge in [-0.2, -0.15) is 0 Å². The molecular formula is C24H46O. The summed E-state index contributed by atoms with van der Waals surface area (Å²) in [5, 5.41) is 0. The van der Waals surface area contributed by atoms with Crippen molar-refractivity contribution in [1.82, 2.24) is 0 Å². The zero-order chi connectivity index (χ0) is 18.3. The van der Waals surface area contributed by atoms with Crippen LogP contribution < -0.4 is 0 Å². The highest BCUT2D eigenvalue weighted by molar-refractivity contribution is 5.48. The van der Waals surface area contributed by atoms with Crippen LogP contribution in [-0.2, 0) is 4.79 Å². The molecule has 0 aromatic heterocycles. The maximum absolute atomic E-state index is 10.2. The summed E-state index contributed by atoms with van der Waals surface area (Å²) in [5.74, 6) is 0. The van der Waals surface area contributed by atoms with Crippen molar-refractivity contribution in [2.24, 2.45) is 0 Å². The van der Waals surface area contributed by atoms with Crippen LogP contribution in [0.1, 0.15) is 135 Å². The van der Waals surface area contributed by atoms with Crippen molar-refractivity contribution in [2.45, 2.75) is 135 Å². The van der Waals surface area contributed by atoms with Crippen LogP contribution in [0.15, 0.2) is 12.2 Å². The number of aldehydes is 1. The predicted molar refractivity (Wildman–Crippen MR) is 113 cm³/mol. The van der Waals surface area contributed by atoms with Crippen LogP contribution in [0.4, 0.5) is 0 Å². The summed E-state index contributed by atoms with van der Waals surface area (Å²) < 4.78 is 0. The van der Waals surface area contributed by atoms with Gasteiger partial charge in [0.05, 0.1) is 0 Å². The zero-order valence-electron chi connectivity index (χ0n) is 17.3. The van der Waals surface area contributed by atoms with Gasteiger partial charge in [-0.1, -0.05) is 109 Å². The Morgan fingerprint density at radius 2 is 0.760 bits per heavy atom. The molecule has 0 aromatic rings. The molecule has 148 valence electrons. The summed E-state index contributed by atoms with van der Waals surface area (Å²) >= 11 is 0. The number of allylic oxidation sites excluding steroid dienone is 2. The lowest BCUT2D eigenvalue weighted by Gasteiger charge is -2.02. The SMILES string of the molecule is CCCCCC/C=C/CCCCCCCCCCCCCCCC=O. The maximum atomic E-state index is 10.2. The van der Waals surface area contributed by atoms with Crippen molar-refractivity contribution in [3.8, 4) is 0 Å². The van der Waals surface area contributed by atoms with Crippen molar-refractivity contribution in [2.75, 3.05) is 0 Å². The van der Waals surface area contributed by atoms with Crippen LogP contribution in [0, 0.1) is 0 Å². The summed E-state index contributed by atoms with van der Waals surface area (Å²) in [6.07, 6.45) is 32.5. The highest BCUT2D eigenvalue weighted by Gasteiger charge is 1.94. The molecule has 1 heteroatoms. The second kappa shape index (κ2) is 23.4. The van der Waals surface area contributed by atoms with E-state index in [-0.39, 0.29) is 0 Å². The Bertz CT molecular complexity index is 269. The van der Waals surface area contributed by atoms with Gasteiger partial charge in [-0.25, -0.2) is 0 Å². The molecule has 0 saturated carbocycles. The number of hydrogen-bond acceptors (Lipinski definition) is 1. The Kier molecular flexibility index (Phi) is 22.9. The molecular weight excluding hydrogens is 304 g/mol. The van der Waals surface area contributed by atoms with Crippen molar-refractivity contribution >= 4 is 6.29 Å². The van der Waals surface area contributed by atoms with Crippen LogP contribution >= 0.6 is 0 Å². The minimum Gasteiger partial charge on any atom is -0.303 e. The van der Waals surface area contributed by atoms with Crippen molar-refractivity contribution in [1.29, 1.82) is 0 Å². The molecule has 0 aromatic carbocycles. The van der Waals surface area contributed by atoms with Gasteiger partial charge in [0.1, 0.15) is 6.29 Å². The predicted octanol–water partition coefficient (Wildman–Crippen LogP) is 8.56. The second-order valence-electron chi connectivity index (χ2n) is 7.66. The molecule has 0 heterocycles. The molecule has 0 aliphatic rings. The Labute approximate surface area is 159 Å². The minimum absolute atomic E-state index is 0.759. The Balaban J connectivity index is 3.02. The third kappa shape index (κ3) is 23.4. The molecule has 1 nitrogen and oxygen atoms in total. The van der Waals surface area contributed by atoms with Gasteiger partial charge in [-0.15, -0.1) is 0 Å². The first-order valence-corrected chi connectivity index (χ1v) is 11.5. The van der Waals surface area contributed by atoms with E-state index in [2.05, 4.69) is 19.1 Å². The van der Waals surface area contributed by atoms with Crippen LogP contribution in [0.2, 0.25) is 0 Å². The average molecular weight is 351 g/mol. The van der Waals surface area contributed by atoms with E-state index >= 15 is 0 Å². The van der Waals surface area contributed by atoms with Crippen LogP contribution in [-0.4, -0.2) is 6.29 Å². The summed E-state index contributed by atoms with van der Waals surface area (Å²) in [4.78, 5) is 10.2. The van der Waals surface area contributed by atoms with Gasteiger partial charge in [0.2, 0.25) is 0 Å². The molecule has 0 amide bonds. The normalized spacial score (nSPS) is 11.4. The van der Waals surface area contributed by atoms with Gasteiger partial charge in [0.25, 0.3) is 0 Å². The van der Waals surface area contributed by atoms with Gasteiger partial charge in [0, 0.05) is 6.42 Å². The quantitative estimate of drug-likeness (QED) is 0.115. The van der Waals surface area contributed by atoms with E-state index in [1.807, 2.05) is 0 Å². The lowest BCUT2D eigenvalue weighted by Crippen LogP contribution is -1.83. The number of carbonyl (C=O) groups excluding carboxylic acids is 1. The lowest BCUT2D eigenvalue weighted by atomic mass is 10.0. The molecule has 0 spiro atoms. The van der Waals surface area contributed by atoms with Gasteiger partial charge in [-0.05, 0) is 32.1 Å². The third-order valence-corrected chi connectivity index (χ3v) is 5.08. The van der Waals surface area contributed by atoms with Crippen LogP contribution in [0.25, 0.3) is 0 Å². The molecule has 0 N–H and O–H groups in total. The van der Waals surface area contributed by atoms with E-state index in [1.54, 1.807) is 0 Å². The maximum Gasteiger partial charge on any atom is 0.119 e. The molecule has 0 unspecified atom stereocenters. The lowest BCUT2D eigenvalue weighted by molar-refractivity contribution is -0.107. The highest BCUT2D eigenvalue weighted by atomic mass is 16.1. The second-order valence-corrected chi connectivity index (χ2v) is 7.66. The van der Waals surface area contributed by atoms with Crippen molar-refractivity contribution in [3.05, 3.63) is 12.2 Å². The van der Waals surface area contributed by atoms with Crippen LogP contribution in [0.3, 0.4) is 0 Å². The molecule has 0 saturated heterocycles. The summed E-state index contributed by atoms with van der Waals surface area (Å²) in [6, 6.07) is 0. The van der Waals surface area contributed by atoms with Crippen LogP contribution in [0.5, 0.6) is 0 Å². The molecule has 25 heavy (non-hydrogen) atoms. The summed E-state index contributed by atoms with van der Waals surface area (Å²) in [5.41, 5.74) is 0. The van der Waals surface area contributed by atoms with Gasteiger partial charge >= 0.3 is 0 Å². The number of rotatable bonds is 21. The average Bonchev–Trinajstić information content (AvgIpc) is 2.63. The molecule has 0 bridgehead atoms. The Morgan fingerprint density at radius 3 is 1.12 bits per heavy atom. The number of unbranched alkanes of at least 4 members (excludes halogenated alkanes) is 18. The van der Waals surface area contributed by atoms with E-state index in [1.165, 1.54) is 116 Å². The van der Waals surface area contributed by atoms with E-state index in [9.17, 15) is 4.79 Å². The Morgan fingerprint density at radius 1 is 0.440 bits per heavy atom. The molecule has 0 radical (unpaired) electrons. The van der Waals surface area contributed by atoms with E-state index < -0.39 is 0 Å². The fourth-order valence-corrected chi connectivity index (χ4v) is 3.36. The summed E-state index contributed by atoms with van der Waals surface area (Å²) in [6.45, 7) is 2.28. The first-order valence-electron chi connectivity index (χ1n) is 11.5. The first-order chi connectivity index (χ1) is 12.4. The smallest absolute Gasteiger partial charge is 0.119 e. The number of carbonyl (C=O) groups is 1. The van der Waals surface area contributed by atoms with E-state index in [0.29, 0.717) is 0 Å². The first kappa shape index (κ1) is 24.4. The summed E-state index contributed by atoms with van der Waals surface area (Å²) in [7, 11) is 0. The molecule has 0 aliphatic heterocycles. The minimum atomic E-state index is 0.759. The monoisotopic (exact) mass is 350 g/mol. The zero-order valence-corrected chi connectivity index (χ0v) is 17.3. The standard InChI is InChI=1S/C24H46O/c1-2-3-4-5-6-7-8-9-10-11-12-13-14-15-16-17-18-19-20-21-22-23-24-25/h7-8,24H,2-6,9-23H2,1H3/b8-7+. The van der Waals surface area contributed by atoms with E-state index in [4.69, 9.17) is 0 Å². The number of hydrogen-bond donors (Lipinski definition) is 0. The molecule has 0 rings (SSSR count). The third-order valence-electron chi connectivity index (χ3n) is 5.08. The van der Waals surface area contributed by atoms with Gasteiger partial charge in [0.15, 0.2) is 0 Å². The van der Waals surface area contributed by atoms with E-state index in [0.717, 1.165) is 19.1 Å². The largest absolute Gasteiger partial charge is 0.303 e. The molecule has 0 fully saturated rings.